The normalized spacial score (nSPS) is 13.8. The van der Waals surface area contributed by atoms with Gasteiger partial charge < -0.3 is 51.3 Å². The molecule has 190 valence electrons. The highest BCUT2D eigenvalue weighted by atomic mass is 16.7. The van der Waals surface area contributed by atoms with Crippen molar-refractivity contribution in [1.29, 1.82) is 0 Å². The van der Waals surface area contributed by atoms with E-state index >= 15 is 0 Å². The van der Waals surface area contributed by atoms with Crippen LogP contribution in [-0.2, 0) is 18.9 Å². The first-order valence-electron chi connectivity index (χ1n) is 11.2. The van der Waals surface area contributed by atoms with Crippen molar-refractivity contribution >= 4 is 12.2 Å². The average Bonchev–Trinajstić information content (AvgIpc) is 2.78. The van der Waals surface area contributed by atoms with Crippen LogP contribution >= 0.6 is 0 Å². The van der Waals surface area contributed by atoms with E-state index in [-0.39, 0.29) is 26.4 Å². The molecule has 0 aromatic rings. The number of nitrogens with one attached hydrogen (secondary N) is 2. The lowest BCUT2D eigenvalue weighted by atomic mass is 10.3. The number of amides is 2. The van der Waals surface area contributed by atoms with Gasteiger partial charge in [-0.2, -0.15) is 0 Å². The van der Waals surface area contributed by atoms with E-state index in [4.69, 9.17) is 30.4 Å². The van der Waals surface area contributed by atoms with Crippen LogP contribution in [0.4, 0.5) is 9.59 Å². The molecule has 0 saturated heterocycles. The zero-order valence-electron chi connectivity index (χ0n) is 19.1. The summed E-state index contributed by atoms with van der Waals surface area (Å²) in [7, 11) is 0. The number of hydrogen-bond acceptors (Lipinski definition) is 10. The van der Waals surface area contributed by atoms with E-state index in [2.05, 4.69) is 10.6 Å². The van der Waals surface area contributed by atoms with Crippen LogP contribution in [0.5, 0.6) is 0 Å². The number of nitrogens with two attached hydrogens (primary N) is 2. The smallest absolute Gasteiger partial charge is 0.407 e. The summed E-state index contributed by atoms with van der Waals surface area (Å²) in [5.41, 5.74) is 10.7. The minimum Gasteiger partial charge on any atom is -0.447 e. The number of rotatable bonds is 20. The van der Waals surface area contributed by atoms with Crippen LogP contribution in [0, 0.1) is 0 Å². The summed E-state index contributed by atoms with van der Waals surface area (Å²) in [4.78, 5) is 23.0. The number of unbranched alkanes of at least 4 members (excludes halogenated alkanes) is 2. The molecule has 0 aromatic carbocycles. The summed E-state index contributed by atoms with van der Waals surface area (Å²) < 4.78 is 20.8. The van der Waals surface area contributed by atoms with Gasteiger partial charge in [0.05, 0.1) is 13.2 Å². The molecule has 12 heteroatoms. The SMILES string of the molecule is CCCC(OCC(O)COC(=O)NCCCCN)OCC(O)COC(=O)NCCCCN. The van der Waals surface area contributed by atoms with Crippen molar-refractivity contribution in [3.8, 4) is 0 Å². The van der Waals surface area contributed by atoms with E-state index in [1.165, 1.54) is 0 Å². The van der Waals surface area contributed by atoms with Crippen LogP contribution in [0.15, 0.2) is 0 Å². The number of carbonyl (C=O) groups is 2. The molecule has 2 atom stereocenters. The third-order valence-corrected chi connectivity index (χ3v) is 4.09. The summed E-state index contributed by atoms with van der Waals surface area (Å²) in [5.74, 6) is 0. The Labute approximate surface area is 190 Å². The zero-order valence-corrected chi connectivity index (χ0v) is 19.1. The quantitative estimate of drug-likeness (QED) is 0.104. The van der Waals surface area contributed by atoms with Crippen LogP contribution in [0.2, 0.25) is 0 Å². The third-order valence-electron chi connectivity index (χ3n) is 4.09. The highest BCUT2D eigenvalue weighted by Crippen LogP contribution is 2.06. The number of hydrogen-bond donors (Lipinski definition) is 6. The summed E-state index contributed by atoms with van der Waals surface area (Å²) >= 11 is 0. The van der Waals surface area contributed by atoms with Gasteiger partial charge in [-0.25, -0.2) is 9.59 Å². The van der Waals surface area contributed by atoms with E-state index in [1.807, 2.05) is 6.92 Å². The van der Waals surface area contributed by atoms with Gasteiger partial charge in [0.2, 0.25) is 0 Å². The maximum atomic E-state index is 11.5. The van der Waals surface area contributed by atoms with Crippen molar-refractivity contribution in [2.24, 2.45) is 11.5 Å². The highest BCUT2D eigenvalue weighted by Gasteiger charge is 2.16. The molecule has 32 heavy (non-hydrogen) atoms. The van der Waals surface area contributed by atoms with E-state index in [0.717, 1.165) is 32.1 Å². The Balaban J connectivity index is 3.99. The lowest BCUT2D eigenvalue weighted by molar-refractivity contribution is -0.177. The predicted octanol–water partition coefficient (Wildman–Crippen LogP) is -0.202. The van der Waals surface area contributed by atoms with Crippen LogP contribution in [0.1, 0.15) is 45.4 Å². The van der Waals surface area contributed by atoms with Crippen molar-refractivity contribution in [3.05, 3.63) is 0 Å². The molecule has 0 fully saturated rings. The molecule has 2 unspecified atom stereocenters. The first-order chi connectivity index (χ1) is 15.4. The number of alkyl carbamates (subject to hydrolysis) is 2. The fourth-order valence-electron chi connectivity index (χ4n) is 2.35. The van der Waals surface area contributed by atoms with E-state index < -0.39 is 30.7 Å². The molecule has 12 nitrogen and oxygen atoms in total. The molecule has 0 saturated carbocycles. The van der Waals surface area contributed by atoms with Gasteiger partial charge in [-0.3, -0.25) is 0 Å². The van der Waals surface area contributed by atoms with E-state index in [0.29, 0.717) is 32.6 Å². The number of ether oxygens (including phenoxy) is 4. The van der Waals surface area contributed by atoms with Crippen LogP contribution < -0.4 is 22.1 Å². The van der Waals surface area contributed by atoms with Gasteiger partial charge in [0.15, 0.2) is 6.29 Å². The van der Waals surface area contributed by atoms with Gasteiger partial charge in [-0.05, 0) is 45.2 Å². The molecule has 0 heterocycles. The molecule has 0 aromatic heterocycles. The molecule has 0 rings (SSSR count). The molecular formula is C20H42N4O8. The second kappa shape index (κ2) is 21.2. The Morgan fingerprint density at radius 2 is 1.22 bits per heavy atom. The third kappa shape index (κ3) is 19.0. The Bertz CT molecular complexity index is 435. The topological polar surface area (TPSA) is 188 Å². The molecule has 0 aliphatic carbocycles. The number of aliphatic hydroxyl groups excluding tert-OH is 2. The van der Waals surface area contributed by atoms with Crippen molar-refractivity contribution in [1.82, 2.24) is 10.6 Å². The summed E-state index contributed by atoms with van der Waals surface area (Å²) in [6.45, 7) is 3.30. The first kappa shape index (κ1) is 30.3. The minimum absolute atomic E-state index is 0.108. The molecule has 0 bridgehead atoms. The van der Waals surface area contributed by atoms with Crippen LogP contribution in [0.3, 0.4) is 0 Å². The molecule has 8 N–H and O–H groups in total. The summed E-state index contributed by atoms with van der Waals surface area (Å²) in [6, 6.07) is 0. The molecule has 0 spiro atoms. The van der Waals surface area contributed by atoms with Gasteiger partial charge in [0, 0.05) is 13.1 Å². The standard InChI is InChI=1S/C20H42N4O8/c1-2-7-18(29-12-16(25)14-31-19(27)23-10-5-3-8-21)30-13-17(26)15-32-20(28)24-11-6-4-9-22/h16-18,25-26H,2-15,21-22H2,1H3,(H,23,27)(H,24,28). The van der Waals surface area contributed by atoms with Crippen LogP contribution in [0.25, 0.3) is 0 Å². The Kier molecular flexibility index (Phi) is 20.0. The minimum atomic E-state index is -1.02. The summed E-state index contributed by atoms with van der Waals surface area (Å²) in [6.07, 6.45) is 0.450. The molecule has 2 amide bonds. The second-order valence-corrected chi connectivity index (χ2v) is 7.23. The molecule has 0 radical (unpaired) electrons. The lowest BCUT2D eigenvalue weighted by Gasteiger charge is -2.21. The highest BCUT2D eigenvalue weighted by molar-refractivity contribution is 5.67. The van der Waals surface area contributed by atoms with Crippen molar-refractivity contribution in [2.75, 3.05) is 52.6 Å². The number of aliphatic hydroxyl groups is 2. The maximum absolute atomic E-state index is 11.5. The average molecular weight is 467 g/mol. The zero-order chi connectivity index (χ0) is 24.0. The van der Waals surface area contributed by atoms with Crippen molar-refractivity contribution in [3.63, 3.8) is 0 Å². The Hall–Kier alpha value is -1.70. The second-order valence-electron chi connectivity index (χ2n) is 7.23. The van der Waals surface area contributed by atoms with Gasteiger partial charge in [-0.15, -0.1) is 0 Å². The van der Waals surface area contributed by atoms with Crippen LogP contribution in [-0.4, -0.2) is 93.5 Å². The molecule has 0 aliphatic heterocycles. The first-order valence-corrected chi connectivity index (χ1v) is 11.2. The van der Waals surface area contributed by atoms with Gasteiger partial charge in [0.1, 0.15) is 25.4 Å². The Morgan fingerprint density at radius 3 is 1.59 bits per heavy atom. The monoisotopic (exact) mass is 466 g/mol. The fraction of sp³-hybridized carbons (Fsp3) is 0.900. The fourth-order valence-corrected chi connectivity index (χ4v) is 2.35. The van der Waals surface area contributed by atoms with E-state index in [9.17, 15) is 19.8 Å². The number of carbonyl (C=O) groups excluding carboxylic acids is 2. The van der Waals surface area contributed by atoms with Crippen molar-refractivity contribution in [2.45, 2.75) is 63.9 Å². The van der Waals surface area contributed by atoms with Gasteiger partial charge >= 0.3 is 12.2 Å². The van der Waals surface area contributed by atoms with Gasteiger partial charge in [0.25, 0.3) is 0 Å². The molecule has 0 aliphatic rings. The van der Waals surface area contributed by atoms with Gasteiger partial charge in [-0.1, -0.05) is 13.3 Å². The predicted molar refractivity (Wildman–Crippen MR) is 118 cm³/mol. The van der Waals surface area contributed by atoms with E-state index in [1.54, 1.807) is 0 Å². The summed E-state index contributed by atoms with van der Waals surface area (Å²) in [5, 5.41) is 25.0. The lowest BCUT2D eigenvalue weighted by Crippen LogP contribution is -2.34. The maximum Gasteiger partial charge on any atom is 0.407 e. The molecular weight excluding hydrogens is 424 g/mol. The largest absolute Gasteiger partial charge is 0.447 e. The van der Waals surface area contributed by atoms with Crippen molar-refractivity contribution < 1.29 is 38.7 Å². The Morgan fingerprint density at radius 1 is 0.781 bits per heavy atom.